The quantitative estimate of drug-likeness (QED) is 0.645. The zero-order valence-corrected chi connectivity index (χ0v) is 14.2. The Balaban J connectivity index is 1.80. The first kappa shape index (κ1) is 15.1. The van der Waals surface area contributed by atoms with Crippen LogP contribution < -0.4 is 4.68 Å². The van der Waals surface area contributed by atoms with Crippen molar-refractivity contribution < 1.29 is 4.68 Å². The van der Waals surface area contributed by atoms with E-state index < -0.39 is 0 Å². The lowest BCUT2D eigenvalue weighted by Gasteiger charge is -2.19. The Morgan fingerprint density at radius 1 is 0.917 bits per heavy atom. The van der Waals surface area contributed by atoms with E-state index in [9.17, 15) is 0 Å². The maximum atomic E-state index is 4.94. The van der Waals surface area contributed by atoms with E-state index in [1.807, 2.05) is 0 Å². The molecule has 1 fully saturated rings. The Bertz CT molecular complexity index is 797. The molecule has 0 spiro atoms. The Morgan fingerprint density at radius 2 is 1.62 bits per heavy atom. The van der Waals surface area contributed by atoms with Gasteiger partial charge in [-0.3, -0.25) is 0 Å². The zero-order chi connectivity index (χ0) is 16.4. The second-order valence-electron chi connectivity index (χ2n) is 6.78. The van der Waals surface area contributed by atoms with Gasteiger partial charge in [0.2, 0.25) is 5.69 Å². The van der Waals surface area contributed by atoms with Crippen LogP contribution >= 0.6 is 0 Å². The molecule has 3 aromatic rings. The molecule has 4 rings (SSSR count). The molecule has 1 aliphatic carbocycles. The number of benzene rings is 2. The van der Waals surface area contributed by atoms with Crippen LogP contribution in [0, 0.1) is 6.92 Å². The average molecular weight is 318 g/mol. The van der Waals surface area contributed by atoms with Crippen molar-refractivity contribution in [3.05, 3.63) is 66.4 Å². The highest BCUT2D eigenvalue weighted by atomic mass is 15.6. The van der Waals surface area contributed by atoms with E-state index in [0.29, 0.717) is 6.04 Å². The summed E-state index contributed by atoms with van der Waals surface area (Å²) in [5.41, 5.74) is 4.63. The molecule has 1 aliphatic rings. The molecule has 1 saturated carbocycles. The van der Waals surface area contributed by atoms with Gasteiger partial charge in [0.25, 0.3) is 0 Å². The molecule has 0 bridgehead atoms. The summed E-state index contributed by atoms with van der Waals surface area (Å²) in [4.78, 5) is 2.10. The van der Waals surface area contributed by atoms with Crippen molar-refractivity contribution in [1.29, 1.82) is 0 Å². The van der Waals surface area contributed by atoms with Gasteiger partial charge in [-0.25, -0.2) is 0 Å². The molecule has 0 aliphatic heterocycles. The first-order valence-corrected chi connectivity index (χ1v) is 8.95. The summed E-state index contributed by atoms with van der Waals surface area (Å²) in [5, 5.41) is 4.94. The van der Waals surface area contributed by atoms with Gasteiger partial charge in [-0.2, -0.15) is 4.68 Å². The number of hydrogen-bond acceptors (Lipinski definition) is 1. The van der Waals surface area contributed by atoms with Crippen molar-refractivity contribution in [2.75, 3.05) is 0 Å². The fourth-order valence-corrected chi connectivity index (χ4v) is 3.58. The van der Waals surface area contributed by atoms with Gasteiger partial charge in [0.05, 0.1) is 5.10 Å². The first-order valence-electron chi connectivity index (χ1n) is 8.95. The van der Waals surface area contributed by atoms with Gasteiger partial charge in [-0.15, -0.1) is 0 Å². The Morgan fingerprint density at radius 3 is 2.33 bits per heavy atom. The molecule has 1 heterocycles. The minimum atomic E-state index is 0.546. The number of aryl methyl sites for hydroxylation is 1. The van der Waals surface area contributed by atoms with Crippen LogP contribution in [0.1, 0.15) is 43.7 Å². The molecule has 2 aromatic carbocycles. The standard InChI is InChI=1S/C21H24N3/c1-17-12-14-20(15-13-17)24-22-21(18-8-4-2-5-9-18)16-23(24)19-10-6-3-7-11-19/h2,4-5,8-9,12-16,19H,3,6-7,10-11H2,1H3/q+1. The summed E-state index contributed by atoms with van der Waals surface area (Å²) in [7, 11) is 0. The van der Waals surface area contributed by atoms with E-state index in [1.165, 1.54) is 43.2 Å². The molecule has 0 radical (unpaired) electrons. The highest BCUT2D eigenvalue weighted by molar-refractivity contribution is 5.56. The summed E-state index contributed by atoms with van der Waals surface area (Å²) in [5.74, 6) is 0. The van der Waals surface area contributed by atoms with Crippen LogP contribution in [0.2, 0.25) is 0 Å². The maximum Gasteiger partial charge on any atom is 0.249 e. The second-order valence-corrected chi connectivity index (χ2v) is 6.78. The smallest absolute Gasteiger partial charge is 0.152 e. The number of hydrogen-bond donors (Lipinski definition) is 0. The summed E-state index contributed by atoms with van der Waals surface area (Å²) < 4.78 is 2.35. The van der Waals surface area contributed by atoms with E-state index >= 15 is 0 Å². The van der Waals surface area contributed by atoms with E-state index in [1.54, 1.807) is 0 Å². The summed E-state index contributed by atoms with van der Waals surface area (Å²) >= 11 is 0. The van der Waals surface area contributed by atoms with Crippen LogP contribution in [-0.2, 0) is 0 Å². The predicted molar refractivity (Wildman–Crippen MR) is 96.1 cm³/mol. The zero-order valence-electron chi connectivity index (χ0n) is 14.2. The number of aromatic nitrogens is 3. The third-order valence-corrected chi connectivity index (χ3v) is 4.96. The third-order valence-electron chi connectivity index (χ3n) is 4.96. The van der Waals surface area contributed by atoms with Gasteiger partial charge >= 0.3 is 0 Å². The first-order chi connectivity index (χ1) is 11.8. The van der Waals surface area contributed by atoms with Crippen LogP contribution in [0.25, 0.3) is 16.9 Å². The van der Waals surface area contributed by atoms with Gasteiger partial charge in [-0.05, 0) is 49.5 Å². The van der Waals surface area contributed by atoms with Crippen molar-refractivity contribution >= 4 is 0 Å². The van der Waals surface area contributed by atoms with Crippen molar-refractivity contribution in [3.63, 3.8) is 0 Å². The van der Waals surface area contributed by atoms with Gasteiger partial charge in [0.15, 0.2) is 6.20 Å². The SMILES string of the molecule is Cc1ccc(-n2nc(-c3ccccc3)c[n+]2C2CCCCC2)cc1. The van der Waals surface area contributed by atoms with Crippen LogP contribution in [0.3, 0.4) is 0 Å². The number of rotatable bonds is 3. The van der Waals surface area contributed by atoms with Gasteiger partial charge in [-0.1, -0.05) is 54.4 Å². The van der Waals surface area contributed by atoms with Crippen LogP contribution in [-0.4, -0.2) is 9.90 Å². The van der Waals surface area contributed by atoms with Crippen molar-refractivity contribution in [2.45, 2.75) is 45.1 Å². The molecule has 0 amide bonds. The monoisotopic (exact) mass is 318 g/mol. The lowest BCUT2D eigenvalue weighted by molar-refractivity contribution is -0.795. The fourth-order valence-electron chi connectivity index (χ4n) is 3.58. The maximum absolute atomic E-state index is 4.94. The molecule has 0 N–H and O–H groups in total. The lowest BCUT2D eigenvalue weighted by atomic mass is 9.96. The van der Waals surface area contributed by atoms with Gasteiger partial charge in [0, 0.05) is 5.56 Å². The van der Waals surface area contributed by atoms with Gasteiger partial charge in [0.1, 0.15) is 11.7 Å². The minimum absolute atomic E-state index is 0.546. The highest BCUT2D eigenvalue weighted by Gasteiger charge is 2.27. The van der Waals surface area contributed by atoms with E-state index in [2.05, 4.69) is 77.2 Å². The molecule has 122 valence electrons. The Labute approximate surface area is 143 Å². The van der Waals surface area contributed by atoms with E-state index in [-0.39, 0.29) is 0 Å². The van der Waals surface area contributed by atoms with Crippen LogP contribution in [0.4, 0.5) is 0 Å². The lowest BCUT2D eigenvalue weighted by Crippen LogP contribution is -2.47. The normalized spacial score (nSPS) is 15.5. The molecular formula is C21H24N3+. The summed E-state index contributed by atoms with van der Waals surface area (Å²) in [6, 6.07) is 19.7. The van der Waals surface area contributed by atoms with Crippen molar-refractivity contribution in [2.24, 2.45) is 0 Å². The summed E-state index contributed by atoms with van der Waals surface area (Å²) in [6.07, 6.45) is 8.72. The summed E-state index contributed by atoms with van der Waals surface area (Å²) in [6.45, 7) is 2.12. The van der Waals surface area contributed by atoms with E-state index in [4.69, 9.17) is 5.10 Å². The largest absolute Gasteiger partial charge is 0.249 e. The third kappa shape index (κ3) is 2.99. The Kier molecular flexibility index (Phi) is 4.16. The Hall–Kier alpha value is -2.42. The molecule has 24 heavy (non-hydrogen) atoms. The average Bonchev–Trinajstić information content (AvgIpc) is 3.09. The highest BCUT2D eigenvalue weighted by Crippen LogP contribution is 2.25. The topological polar surface area (TPSA) is 21.7 Å². The molecule has 3 nitrogen and oxygen atoms in total. The second kappa shape index (κ2) is 6.60. The molecule has 1 aromatic heterocycles. The molecular weight excluding hydrogens is 294 g/mol. The van der Waals surface area contributed by atoms with Crippen LogP contribution in [0.15, 0.2) is 60.8 Å². The number of nitrogens with zero attached hydrogens (tertiary/aromatic N) is 3. The van der Waals surface area contributed by atoms with Gasteiger partial charge < -0.3 is 0 Å². The van der Waals surface area contributed by atoms with Crippen molar-refractivity contribution in [1.82, 2.24) is 9.90 Å². The van der Waals surface area contributed by atoms with E-state index in [0.717, 1.165) is 11.4 Å². The molecule has 3 heteroatoms. The molecule has 0 saturated heterocycles. The van der Waals surface area contributed by atoms with Crippen LogP contribution in [0.5, 0.6) is 0 Å². The van der Waals surface area contributed by atoms with Crippen molar-refractivity contribution in [3.8, 4) is 16.9 Å². The minimum Gasteiger partial charge on any atom is -0.152 e. The molecule has 0 atom stereocenters. The fraction of sp³-hybridized carbons (Fsp3) is 0.333. The predicted octanol–water partition coefficient (Wildman–Crippen LogP) is 4.64. The molecule has 0 unspecified atom stereocenters.